The Balaban J connectivity index is 2.98. The molecule has 110 valence electrons. The van der Waals surface area contributed by atoms with E-state index >= 15 is 0 Å². The van der Waals surface area contributed by atoms with E-state index in [9.17, 15) is 28.1 Å². The number of carbonyl (C=O) groups is 1. The molecule has 0 heterocycles. The Kier molecular flexibility index (Phi) is 4.53. The highest BCUT2D eigenvalue weighted by Gasteiger charge is 2.30. The molecule has 20 heavy (non-hydrogen) atoms. The van der Waals surface area contributed by atoms with Crippen LogP contribution in [0.2, 0.25) is 0 Å². The van der Waals surface area contributed by atoms with Crippen molar-refractivity contribution >= 4 is 17.3 Å². The Bertz CT molecular complexity index is 531. The molecule has 0 fully saturated rings. The van der Waals surface area contributed by atoms with Gasteiger partial charge < -0.3 is 10.6 Å². The number of alkyl halides is 3. The van der Waals surface area contributed by atoms with Gasteiger partial charge in [0.25, 0.3) is 5.91 Å². The Morgan fingerprint density at radius 1 is 1.45 bits per heavy atom. The number of nitrogens with zero attached hydrogens (tertiary/aromatic N) is 2. The number of benzene rings is 1. The van der Waals surface area contributed by atoms with Gasteiger partial charge in [-0.1, -0.05) is 6.07 Å². The molecule has 0 unspecified atom stereocenters. The van der Waals surface area contributed by atoms with Crippen molar-refractivity contribution in [1.82, 2.24) is 4.90 Å². The number of carbonyl (C=O) groups excluding carboxylic acids is 1. The van der Waals surface area contributed by atoms with Crippen molar-refractivity contribution in [2.45, 2.75) is 12.6 Å². The lowest BCUT2D eigenvalue weighted by Gasteiger charge is -2.18. The zero-order valence-electron chi connectivity index (χ0n) is 10.5. The van der Waals surface area contributed by atoms with E-state index in [0.29, 0.717) is 0 Å². The third-order valence-corrected chi connectivity index (χ3v) is 2.56. The maximum absolute atomic E-state index is 12.1. The number of nitro benzene ring substituents is 1. The summed E-state index contributed by atoms with van der Waals surface area (Å²) in [6, 6.07) is 3.72. The smallest absolute Gasteiger partial charge is 0.390 e. The van der Waals surface area contributed by atoms with Gasteiger partial charge in [0.1, 0.15) is 11.3 Å². The SMILES string of the molecule is CN(CCC(F)(F)F)C(=O)c1cccc(N)c1[N+](=O)[O-]. The number of hydrogen-bond acceptors (Lipinski definition) is 4. The Morgan fingerprint density at radius 2 is 2.05 bits per heavy atom. The van der Waals surface area contributed by atoms with E-state index < -0.39 is 35.7 Å². The van der Waals surface area contributed by atoms with Crippen LogP contribution in [0.5, 0.6) is 0 Å². The van der Waals surface area contributed by atoms with Gasteiger partial charge in [0, 0.05) is 13.6 Å². The van der Waals surface area contributed by atoms with Crippen LogP contribution in [-0.2, 0) is 0 Å². The third-order valence-electron chi connectivity index (χ3n) is 2.56. The second-order valence-electron chi connectivity index (χ2n) is 4.09. The summed E-state index contributed by atoms with van der Waals surface area (Å²) in [5.41, 5.74) is 4.26. The van der Waals surface area contributed by atoms with Gasteiger partial charge in [-0.15, -0.1) is 0 Å². The molecule has 0 aliphatic carbocycles. The molecule has 0 saturated carbocycles. The lowest BCUT2D eigenvalue weighted by Crippen LogP contribution is -2.31. The van der Waals surface area contributed by atoms with E-state index in [0.717, 1.165) is 18.0 Å². The van der Waals surface area contributed by atoms with Crippen molar-refractivity contribution in [3.63, 3.8) is 0 Å². The second-order valence-corrected chi connectivity index (χ2v) is 4.09. The molecule has 0 saturated heterocycles. The van der Waals surface area contributed by atoms with E-state index in [2.05, 4.69) is 0 Å². The second kappa shape index (κ2) is 5.76. The van der Waals surface area contributed by atoms with E-state index in [4.69, 9.17) is 5.73 Å². The zero-order chi connectivity index (χ0) is 15.5. The molecule has 0 aromatic heterocycles. The molecule has 1 aromatic carbocycles. The molecule has 0 aliphatic rings. The summed E-state index contributed by atoms with van der Waals surface area (Å²) in [4.78, 5) is 22.7. The number of amides is 1. The van der Waals surface area contributed by atoms with Crippen molar-refractivity contribution in [2.24, 2.45) is 0 Å². The van der Waals surface area contributed by atoms with Crippen molar-refractivity contribution in [3.05, 3.63) is 33.9 Å². The Labute approximate surface area is 112 Å². The van der Waals surface area contributed by atoms with Crippen molar-refractivity contribution in [2.75, 3.05) is 19.3 Å². The molecule has 9 heteroatoms. The van der Waals surface area contributed by atoms with Crippen molar-refractivity contribution in [3.8, 4) is 0 Å². The van der Waals surface area contributed by atoms with E-state index in [1.54, 1.807) is 0 Å². The lowest BCUT2D eigenvalue weighted by molar-refractivity contribution is -0.384. The molecular formula is C11H12F3N3O3. The molecule has 0 spiro atoms. The van der Waals surface area contributed by atoms with Gasteiger partial charge in [0.2, 0.25) is 0 Å². The number of halogens is 3. The van der Waals surface area contributed by atoms with E-state index in [1.165, 1.54) is 12.1 Å². The number of rotatable bonds is 4. The average Bonchev–Trinajstić information content (AvgIpc) is 2.33. The summed E-state index contributed by atoms with van der Waals surface area (Å²) >= 11 is 0. The third kappa shape index (κ3) is 3.84. The number of nitro groups is 1. The monoisotopic (exact) mass is 291 g/mol. The Hall–Kier alpha value is -2.32. The van der Waals surface area contributed by atoms with Gasteiger partial charge >= 0.3 is 11.9 Å². The number of nitrogen functional groups attached to an aromatic ring is 1. The molecule has 0 atom stereocenters. The van der Waals surface area contributed by atoms with Crippen LogP contribution in [0.3, 0.4) is 0 Å². The van der Waals surface area contributed by atoms with Gasteiger partial charge in [-0.05, 0) is 12.1 Å². The fourth-order valence-electron chi connectivity index (χ4n) is 1.54. The minimum atomic E-state index is -4.41. The molecule has 1 rings (SSSR count). The van der Waals surface area contributed by atoms with E-state index in [1.807, 2.05) is 0 Å². The highest BCUT2D eigenvalue weighted by atomic mass is 19.4. The summed E-state index contributed by atoms with van der Waals surface area (Å²) in [7, 11) is 1.14. The first-order valence-corrected chi connectivity index (χ1v) is 5.48. The number of nitrogens with two attached hydrogens (primary N) is 1. The fourth-order valence-corrected chi connectivity index (χ4v) is 1.54. The fraction of sp³-hybridized carbons (Fsp3) is 0.364. The van der Waals surface area contributed by atoms with Crippen LogP contribution < -0.4 is 5.73 Å². The van der Waals surface area contributed by atoms with Crippen LogP contribution in [-0.4, -0.2) is 35.5 Å². The van der Waals surface area contributed by atoms with Crippen molar-refractivity contribution in [1.29, 1.82) is 0 Å². The van der Waals surface area contributed by atoms with Crippen LogP contribution in [0.25, 0.3) is 0 Å². The predicted molar refractivity (Wildman–Crippen MR) is 65.1 cm³/mol. The van der Waals surface area contributed by atoms with Crippen LogP contribution in [0, 0.1) is 10.1 Å². The van der Waals surface area contributed by atoms with Crippen LogP contribution in [0.15, 0.2) is 18.2 Å². The first-order chi connectivity index (χ1) is 9.13. The van der Waals surface area contributed by atoms with Crippen LogP contribution >= 0.6 is 0 Å². The molecule has 1 aromatic rings. The Morgan fingerprint density at radius 3 is 2.55 bits per heavy atom. The first-order valence-electron chi connectivity index (χ1n) is 5.48. The number of para-hydroxylation sites is 1. The van der Waals surface area contributed by atoms with Crippen molar-refractivity contribution < 1.29 is 22.9 Å². The molecule has 0 aliphatic heterocycles. The predicted octanol–water partition coefficient (Wildman–Crippen LogP) is 2.20. The number of hydrogen-bond donors (Lipinski definition) is 1. The lowest BCUT2D eigenvalue weighted by atomic mass is 10.1. The summed E-state index contributed by atoms with van der Waals surface area (Å²) < 4.78 is 36.3. The summed E-state index contributed by atoms with van der Waals surface area (Å²) in [5, 5.41) is 10.9. The maximum Gasteiger partial charge on any atom is 0.390 e. The summed E-state index contributed by atoms with van der Waals surface area (Å²) in [5.74, 6) is -0.881. The maximum atomic E-state index is 12.1. The van der Waals surface area contributed by atoms with Gasteiger partial charge in [-0.25, -0.2) is 0 Å². The molecule has 0 bridgehead atoms. The minimum absolute atomic E-state index is 0.218. The molecule has 2 N–H and O–H groups in total. The van der Waals surface area contributed by atoms with Crippen LogP contribution in [0.1, 0.15) is 16.8 Å². The van der Waals surface area contributed by atoms with E-state index in [-0.39, 0.29) is 11.3 Å². The quantitative estimate of drug-likeness (QED) is 0.523. The summed E-state index contributed by atoms with van der Waals surface area (Å²) in [6.45, 7) is -0.589. The van der Waals surface area contributed by atoms with Gasteiger partial charge in [0.05, 0.1) is 11.3 Å². The highest BCUT2D eigenvalue weighted by molar-refractivity contribution is 6.00. The zero-order valence-corrected chi connectivity index (χ0v) is 10.5. The number of anilines is 1. The largest absolute Gasteiger partial charge is 0.393 e. The normalized spacial score (nSPS) is 11.2. The highest BCUT2D eigenvalue weighted by Crippen LogP contribution is 2.27. The van der Waals surface area contributed by atoms with Crippen LogP contribution in [0.4, 0.5) is 24.5 Å². The molecular weight excluding hydrogens is 279 g/mol. The van der Waals surface area contributed by atoms with Gasteiger partial charge in [-0.2, -0.15) is 13.2 Å². The summed E-state index contributed by atoms with van der Waals surface area (Å²) in [6.07, 6.45) is -5.60. The molecule has 0 radical (unpaired) electrons. The van der Waals surface area contributed by atoms with Gasteiger partial charge in [0.15, 0.2) is 0 Å². The molecule has 1 amide bonds. The first kappa shape index (κ1) is 15.7. The topological polar surface area (TPSA) is 89.5 Å². The average molecular weight is 291 g/mol. The standard InChI is InChI=1S/C11H12F3N3O3/c1-16(6-5-11(12,13)14)10(18)7-3-2-4-8(15)9(7)17(19)20/h2-4H,5-6,15H2,1H3. The minimum Gasteiger partial charge on any atom is -0.393 e. The molecule has 6 nitrogen and oxygen atoms in total. The van der Waals surface area contributed by atoms with Gasteiger partial charge in [-0.3, -0.25) is 14.9 Å².